The van der Waals surface area contributed by atoms with Gasteiger partial charge in [-0.25, -0.2) is 18.1 Å². The summed E-state index contributed by atoms with van der Waals surface area (Å²) >= 11 is 11.7. The Morgan fingerprint density at radius 3 is 2.55 bits per heavy atom. The number of halogens is 2. The molecule has 0 aliphatic carbocycles. The Bertz CT molecular complexity index is 825. The summed E-state index contributed by atoms with van der Waals surface area (Å²) in [6.07, 6.45) is 0.876. The van der Waals surface area contributed by atoms with E-state index in [1.54, 1.807) is 12.1 Å². The molecule has 116 valence electrons. The van der Waals surface area contributed by atoms with Gasteiger partial charge in [0.05, 0.1) is 16.3 Å². The summed E-state index contributed by atoms with van der Waals surface area (Å²) in [5.41, 5.74) is -0.0945. The minimum atomic E-state index is -3.67. The lowest BCUT2D eigenvalue weighted by Crippen LogP contribution is -2.29. The average Bonchev–Trinajstić information content (AvgIpc) is 2.41. The van der Waals surface area contributed by atoms with Crippen molar-refractivity contribution in [2.75, 3.05) is 6.26 Å². The predicted octanol–water partition coefficient (Wildman–Crippen LogP) is 2.87. The summed E-state index contributed by atoms with van der Waals surface area (Å²) in [7, 11) is -3.67. The summed E-state index contributed by atoms with van der Waals surface area (Å²) in [6, 6.07) is 9.02. The highest BCUT2D eigenvalue weighted by molar-refractivity contribution is 7.89. The number of benzene rings is 1. The van der Waals surface area contributed by atoms with Crippen LogP contribution in [0.3, 0.4) is 0 Å². The van der Waals surface area contributed by atoms with Crippen molar-refractivity contribution in [3.05, 3.63) is 52.1 Å². The molecule has 0 aliphatic rings. The number of aromatic nitrogens is 1. The molecule has 1 amide bonds. The zero-order valence-corrected chi connectivity index (χ0v) is 13.5. The van der Waals surface area contributed by atoms with Crippen LogP contribution in [0.15, 0.2) is 36.4 Å². The minimum Gasteiger partial charge on any atom is -0.439 e. The third-order valence-corrected chi connectivity index (χ3v) is 3.64. The fourth-order valence-electron chi connectivity index (χ4n) is 1.48. The first-order chi connectivity index (χ1) is 10.2. The van der Waals surface area contributed by atoms with E-state index in [1.165, 1.54) is 24.3 Å². The molecule has 22 heavy (non-hydrogen) atoms. The van der Waals surface area contributed by atoms with E-state index in [0.29, 0.717) is 15.8 Å². The molecule has 1 aromatic heterocycles. The maximum absolute atomic E-state index is 11.7. The molecule has 0 radical (unpaired) electrons. The third kappa shape index (κ3) is 4.59. The molecule has 1 N–H and O–H groups in total. The number of hydrogen-bond acceptors (Lipinski definition) is 5. The van der Waals surface area contributed by atoms with Crippen LogP contribution in [0.1, 0.15) is 10.5 Å². The second kappa shape index (κ2) is 6.51. The van der Waals surface area contributed by atoms with E-state index < -0.39 is 15.9 Å². The Hall–Kier alpha value is -1.83. The Morgan fingerprint density at radius 1 is 1.18 bits per heavy atom. The highest BCUT2D eigenvalue weighted by atomic mass is 35.5. The van der Waals surface area contributed by atoms with Crippen molar-refractivity contribution >= 4 is 39.1 Å². The number of rotatable bonds is 4. The fourth-order valence-corrected chi connectivity index (χ4v) is 2.21. The first-order valence-electron chi connectivity index (χ1n) is 5.87. The van der Waals surface area contributed by atoms with E-state index in [2.05, 4.69) is 4.98 Å². The number of sulfonamides is 1. The van der Waals surface area contributed by atoms with Gasteiger partial charge in [-0.3, -0.25) is 4.79 Å². The van der Waals surface area contributed by atoms with Crippen molar-refractivity contribution in [1.82, 2.24) is 9.71 Å². The first kappa shape index (κ1) is 16.5. The molecule has 0 aliphatic heterocycles. The summed E-state index contributed by atoms with van der Waals surface area (Å²) < 4.78 is 29.4. The second-order valence-electron chi connectivity index (χ2n) is 4.24. The van der Waals surface area contributed by atoms with Gasteiger partial charge in [-0.05, 0) is 18.2 Å². The number of nitrogens with one attached hydrogen (secondary N) is 1. The van der Waals surface area contributed by atoms with Gasteiger partial charge < -0.3 is 4.74 Å². The third-order valence-electron chi connectivity index (χ3n) is 2.35. The van der Waals surface area contributed by atoms with Gasteiger partial charge in [-0.15, -0.1) is 0 Å². The molecule has 0 saturated heterocycles. The average molecular weight is 361 g/mol. The summed E-state index contributed by atoms with van der Waals surface area (Å²) in [5.74, 6) is -0.357. The smallest absolute Gasteiger partial charge is 0.283 e. The molecule has 2 rings (SSSR count). The molecule has 0 unspecified atom stereocenters. The SMILES string of the molecule is CS(=O)(=O)NC(=O)c1cccc(Oc2ccc(Cl)c(Cl)c2)n1. The minimum absolute atomic E-state index is 0.0945. The first-order valence-corrected chi connectivity index (χ1v) is 8.51. The van der Waals surface area contributed by atoms with Gasteiger partial charge in [0.25, 0.3) is 5.91 Å². The Morgan fingerprint density at radius 2 is 1.91 bits per heavy atom. The maximum atomic E-state index is 11.7. The van der Waals surface area contributed by atoms with Gasteiger partial charge >= 0.3 is 0 Å². The second-order valence-corrected chi connectivity index (χ2v) is 6.81. The van der Waals surface area contributed by atoms with Crippen LogP contribution in [0.5, 0.6) is 11.6 Å². The van der Waals surface area contributed by atoms with Crippen molar-refractivity contribution < 1.29 is 17.9 Å². The molecule has 0 fully saturated rings. The van der Waals surface area contributed by atoms with Crippen molar-refractivity contribution in [2.45, 2.75) is 0 Å². The highest BCUT2D eigenvalue weighted by Gasteiger charge is 2.13. The number of nitrogens with zero attached hydrogens (tertiary/aromatic N) is 1. The lowest BCUT2D eigenvalue weighted by atomic mass is 10.3. The normalized spacial score (nSPS) is 11.0. The van der Waals surface area contributed by atoms with Gasteiger partial charge in [0, 0.05) is 12.1 Å². The molecule has 6 nitrogen and oxygen atoms in total. The Labute approximate surface area is 137 Å². The van der Waals surface area contributed by atoms with Gasteiger partial charge in [-0.2, -0.15) is 0 Å². The molecule has 0 saturated carbocycles. The quantitative estimate of drug-likeness (QED) is 0.905. The monoisotopic (exact) mass is 360 g/mol. The number of pyridine rings is 1. The van der Waals surface area contributed by atoms with Gasteiger partial charge in [0.1, 0.15) is 11.4 Å². The Balaban J connectivity index is 2.21. The van der Waals surface area contributed by atoms with Crippen LogP contribution in [0, 0.1) is 0 Å². The van der Waals surface area contributed by atoms with Crippen LogP contribution in [0.2, 0.25) is 10.0 Å². The summed E-state index contributed by atoms with van der Waals surface area (Å²) in [6.45, 7) is 0. The Kier molecular flexibility index (Phi) is 4.90. The lowest BCUT2D eigenvalue weighted by molar-refractivity contribution is 0.0976. The van der Waals surface area contributed by atoms with Crippen molar-refractivity contribution in [3.8, 4) is 11.6 Å². The van der Waals surface area contributed by atoms with Crippen molar-refractivity contribution in [1.29, 1.82) is 0 Å². The van der Waals surface area contributed by atoms with Crippen LogP contribution in [0.4, 0.5) is 0 Å². The number of carbonyl (C=O) groups excluding carboxylic acids is 1. The lowest BCUT2D eigenvalue weighted by Gasteiger charge is -2.07. The van der Waals surface area contributed by atoms with E-state index in [1.807, 2.05) is 4.72 Å². The number of ether oxygens (including phenoxy) is 1. The van der Waals surface area contributed by atoms with Crippen LogP contribution in [-0.2, 0) is 10.0 Å². The molecule has 9 heteroatoms. The standard InChI is InChI=1S/C13H10Cl2N2O4S/c1-22(19,20)17-13(18)11-3-2-4-12(16-11)21-8-5-6-9(14)10(15)7-8/h2-7H,1H3,(H,17,18). The van der Waals surface area contributed by atoms with Gasteiger partial charge in [0.15, 0.2) is 0 Å². The van der Waals surface area contributed by atoms with E-state index in [-0.39, 0.29) is 11.6 Å². The molecule has 1 aromatic carbocycles. The number of hydrogen-bond donors (Lipinski definition) is 1. The van der Waals surface area contributed by atoms with Crippen LogP contribution >= 0.6 is 23.2 Å². The van der Waals surface area contributed by atoms with E-state index >= 15 is 0 Å². The highest BCUT2D eigenvalue weighted by Crippen LogP contribution is 2.28. The topological polar surface area (TPSA) is 85.4 Å². The summed E-state index contributed by atoms with van der Waals surface area (Å²) in [4.78, 5) is 15.6. The van der Waals surface area contributed by atoms with Crippen molar-refractivity contribution in [2.24, 2.45) is 0 Å². The number of carbonyl (C=O) groups is 1. The predicted molar refractivity (Wildman–Crippen MR) is 83.1 cm³/mol. The maximum Gasteiger partial charge on any atom is 0.283 e. The molecular weight excluding hydrogens is 351 g/mol. The molecule has 0 spiro atoms. The molecule has 0 atom stereocenters. The largest absolute Gasteiger partial charge is 0.439 e. The van der Waals surface area contributed by atoms with E-state index in [4.69, 9.17) is 27.9 Å². The summed E-state index contributed by atoms with van der Waals surface area (Å²) in [5, 5.41) is 0.688. The van der Waals surface area contributed by atoms with Crippen molar-refractivity contribution in [3.63, 3.8) is 0 Å². The van der Waals surface area contributed by atoms with Crippen LogP contribution < -0.4 is 9.46 Å². The molecular formula is C13H10Cl2N2O4S. The van der Waals surface area contributed by atoms with Crippen LogP contribution in [0.25, 0.3) is 0 Å². The fraction of sp³-hybridized carbons (Fsp3) is 0.0769. The van der Waals surface area contributed by atoms with Gasteiger partial charge in [0.2, 0.25) is 15.9 Å². The van der Waals surface area contributed by atoms with Gasteiger partial charge in [-0.1, -0.05) is 29.3 Å². The molecule has 0 bridgehead atoms. The molecule has 2 aromatic rings. The van der Waals surface area contributed by atoms with Crippen LogP contribution in [-0.4, -0.2) is 25.6 Å². The number of amides is 1. The van der Waals surface area contributed by atoms with E-state index in [9.17, 15) is 13.2 Å². The zero-order chi connectivity index (χ0) is 16.3. The molecule has 1 heterocycles. The van der Waals surface area contributed by atoms with E-state index in [0.717, 1.165) is 6.26 Å². The zero-order valence-electron chi connectivity index (χ0n) is 11.2.